The molecule has 1 aliphatic carbocycles. The Morgan fingerprint density at radius 1 is 1.06 bits per heavy atom. The van der Waals surface area contributed by atoms with Gasteiger partial charge in [0.15, 0.2) is 5.78 Å². The summed E-state index contributed by atoms with van der Waals surface area (Å²) < 4.78 is 1.65. The Morgan fingerprint density at radius 2 is 1.81 bits per heavy atom. The largest absolute Gasteiger partial charge is 0.343 e. The quantitative estimate of drug-likeness (QED) is 0.467. The SMILES string of the molecule is O=C1CCCC2=C1[C@@H](c1ccc(Cl)cc1Cl)n1ncc(C(=O)Nc3ccc(Cl)cc3)c1N2. The molecule has 2 aromatic carbocycles. The number of anilines is 2. The smallest absolute Gasteiger partial charge is 0.261 e. The number of nitrogens with zero attached hydrogens (tertiary/aromatic N) is 2. The summed E-state index contributed by atoms with van der Waals surface area (Å²) in [5.74, 6) is 0.234. The van der Waals surface area contributed by atoms with Crippen LogP contribution in [-0.4, -0.2) is 21.5 Å². The van der Waals surface area contributed by atoms with Crippen LogP contribution in [0.5, 0.6) is 0 Å². The standard InChI is InChI=1S/C23H17Cl3N4O2/c24-12-4-7-14(8-5-12)28-23(32)16-11-27-30-21(15-9-6-13(25)10-17(15)26)20-18(29-22(16)30)2-1-3-19(20)31/h4-11,21,29H,1-3H2,(H,28,32)/t21-/m1/s1. The number of carbonyl (C=O) groups is 2. The van der Waals surface area contributed by atoms with E-state index in [0.717, 1.165) is 12.1 Å². The monoisotopic (exact) mass is 486 g/mol. The number of ketones is 1. The second kappa shape index (κ2) is 8.28. The molecule has 2 heterocycles. The molecule has 1 amide bonds. The minimum absolute atomic E-state index is 0.0445. The number of hydrogen-bond donors (Lipinski definition) is 2. The van der Waals surface area contributed by atoms with Gasteiger partial charge >= 0.3 is 0 Å². The van der Waals surface area contributed by atoms with E-state index in [1.807, 2.05) is 0 Å². The number of Topliss-reactive ketones (excluding diaryl/α,β-unsaturated/α-hetero) is 1. The van der Waals surface area contributed by atoms with Crippen LogP contribution in [0, 0.1) is 0 Å². The summed E-state index contributed by atoms with van der Waals surface area (Å²) in [6, 6.07) is 11.5. The Hall–Kier alpha value is -2.80. The number of rotatable bonds is 3. The molecule has 1 aliphatic heterocycles. The number of carbonyl (C=O) groups excluding carboxylic acids is 2. The second-order valence-corrected chi connectivity index (χ2v) is 8.95. The molecule has 1 aromatic heterocycles. The molecule has 0 saturated carbocycles. The lowest BCUT2D eigenvalue weighted by atomic mass is 9.85. The van der Waals surface area contributed by atoms with E-state index in [-0.39, 0.29) is 11.7 Å². The van der Waals surface area contributed by atoms with Crippen molar-refractivity contribution in [1.29, 1.82) is 0 Å². The van der Waals surface area contributed by atoms with Crippen LogP contribution in [0.1, 0.15) is 41.2 Å². The van der Waals surface area contributed by atoms with Gasteiger partial charge in [0.05, 0.1) is 6.20 Å². The summed E-state index contributed by atoms with van der Waals surface area (Å²) in [7, 11) is 0. The Morgan fingerprint density at radius 3 is 2.56 bits per heavy atom. The van der Waals surface area contributed by atoms with Crippen LogP contribution in [0.25, 0.3) is 0 Å². The molecule has 162 valence electrons. The van der Waals surface area contributed by atoms with Crippen molar-refractivity contribution in [2.75, 3.05) is 10.6 Å². The van der Waals surface area contributed by atoms with Gasteiger partial charge in [0, 0.05) is 44.0 Å². The number of hydrogen-bond acceptors (Lipinski definition) is 4. The molecule has 0 bridgehead atoms. The number of allylic oxidation sites excluding steroid dienone is 2. The Bertz CT molecular complexity index is 1280. The Kier molecular flexibility index (Phi) is 5.45. The van der Waals surface area contributed by atoms with E-state index in [9.17, 15) is 9.59 Å². The average molecular weight is 488 g/mol. The molecule has 0 spiro atoms. The fraction of sp³-hybridized carbons (Fsp3) is 0.174. The minimum Gasteiger partial charge on any atom is -0.343 e. The third-order valence-electron chi connectivity index (χ3n) is 5.64. The van der Waals surface area contributed by atoms with Gasteiger partial charge in [-0.05, 0) is 49.2 Å². The van der Waals surface area contributed by atoms with Crippen molar-refractivity contribution < 1.29 is 9.59 Å². The first-order chi connectivity index (χ1) is 15.4. The predicted molar refractivity (Wildman–Crippen MR) is 126 cm³/mol. The van der Waals surface area contributed by atoms with Gasteiger partial charge in [-0.1, -0.05) is 40.9 Å². The van der Waals surface area contributed by atoms with E-state index in [1.54, 1.807) is 47.1 Å². The molecule has 6 nitrogen and oxygen atoms in total. The number of amides is 1. The lowest BCUT2D eigenvalue weighted by Gasteiger charge is -2.33. The maximum absolute atomic E-state index is 13.0. The lowest BCUT2D eigenvalue weighted by Crippen LogP contribution is -2.32. The van der Waals surface area contributed by atoms with Crippen molar-refractivity contribution in [3.05, 3.63) is 86.1 Å². The molecule has 0 saturated heterocycles. The summed E-state index contributed by atoms with van der Waals surface area (Å²) in [5.41, 5.74) is 3.10. The van der Waals surface area contributed by atoms with Crippen LogP contribution >= 0.6 is 34.8 Å². The normalized spacial score (nSPS) is 17.5. The van der Waals surface area contributed by atoms with Gasteiger partial charge in [-0.25, -0.2) is 4.68 Å². The van der Waals surface area contributed by atoms with Crippen LogP contribution in [0.4, 0.5) is 11.5 Å². The van der Waals surface area contributed by atoms with E-state index in [0.29, 0.717) is 56.1 Å². The maximum Gasteiger partial charge on any atom is 0.261 e. The number of halogens is 3. The van der Waals surface area contributed by atoms with E-state index in [1.165, 1.54) is 6.20 Å². The number of aromatic nitrogens is 2. The minimum atomic E-state index is -0.545. The second-order valence-electron chi connectivity index (χ2n) is 7.67. The summed E-state index contributed by atoms with van der Waals surface area (Å²) in [6.07, 6.45) is 3.40. The van der Waals surface area contributed by atoms with Crippen molar-refractivity contribution in [3.8, 4) is 0 Å². The summed E-state index contributed by atoms with van der Waals surface area (Å²) in [5, 5.41) is 12.1. The number of fused-ring (bicyclic) bond motifs is 1. The molecule has 0 fully saturated rings. The topological polar surface area (TPSA) is 76.0 Å². The average Bonchev–Trinajstić information content (AvgIpc) is 3.18. The van der Waals surface area contributed by atoms with Gasteiger partial charge < -0.3 is 10.6 Å². The van der Waals surface area contributed by atoms with Crippen LogP contribution < -0.4 is 10.6 Å². The molecule has 5 rings (SSSR count). The van der Waals surface area contributed by atoms with Crippen molar-refractivity contribution in [3.63, 3.8) is 0 Å². The first kappa shape index (κ1) is 21.1. The van der Waals surface area contributed by atoms with E-state index in [4.69, 9.17) is 34.8 Å². The van der Waals surface area contributed by atoms with Gasteiger partial charge in [-0.3, -0.25) is 9.59 Å². The highest BCUT2D eigenvalue weighted by Gasteiger charge is 2.38. The zero-order chi connectivity index (χ0) is 22.4. The number of nitrogens with one attached hydrogen (secondary N) is 2. The van der Waals surface area contributed by atoms with Crippen molar-refractivity contribution in [2.24, 2.45) is 0 Å². The van der Waals surface area contributed by atoms with Crippen LogP contribution in [0.15, 0.2) is 59.9 Å². The molecule has 2 aliphatic rings. The van der Waals surface area contributed by atoms with E-state index in [2.05, 4.69) is 15.7 Å². The fourth-order valence-electron chi connectivity index (χ4n) is 4.17. The zero-order valence-electron chi connectivity index (χ0n) is 16.7. The summed E-state index contributed by atoms with van der Waals surface area (Å²) in [4.78, 5) is 26.0. The van der Waals surface area contributed by atoms with Gasteiger partial charge in [0.25, 0.3) is 5.91 Å². The predicted octanol–water partition coefficient (Wildman–Crippen LogP) is 6.12. The van der Waals surface area contributed by atoms with Crippen LogP contribution in [-0.2, 0) is 4.79 Å². The Balaban J connectivity index is 1.59. The molecule has 32 heavy (non-hydrogen) atoms. The fourth-order valence-corrected chi connectivity index (χ4v) is 4.80. The van der Waals surface area contributed by atoms with Crippen molar-refractivity contribution in [1.82, 2.24) is 9.78 Å². The van der Waals surface area contributed by atoms with Crippen LogP contribution in [0.3, 0.4) is 0 Å². The molecular formula is C23H17Cl3N4O2. The third kappa shape index (κ3) is 3.68. The summed E-state index contributed by atoms with van der Waals surface area (Å²) >= 11 is 18.6. The first-order valence-electron chi connectivity index (χ1n) is 10.0. The van der Waals surface area contributed by atoms with Crippen LogP contribution in [0.2, 0.25) is 15.1 Å². The summed E-state index contributed by atoms with van der Waals surface area (Å²) in [6.45, 7) is 0. The Labute approximate surface area is 199 Å². The zero-order valence-corrected chi connectivity index (χ0v) is 18.9. The van der Waals surface area contributed by atoms with Gasteiger partial charge in [0.2, 0.25) is 0 Å². The van der Waals surface area contributed by atoms with Gasteiger partial charge in [0.1, 0.15) is 17.4 Å². The highest BCUT2D eigenvalue weighted by Crippen LogP contribution is 2.43. The lowest BCUT2D eigenvalue weighted by molar-refractivity contribution is -0.116. The van der Waals surface area contributed by atoms with E-state index >= 15 is 0 Å². The van der Waals surface area contributed by atoms with Gasteiger partial charge in [-0.2, -0.15) is 5.10 Å². The highest BCUT2D eigenvalue weighted by atomic mass is 35.5. The molecule has 9 heteroatoms. The number of benzene rings is 2. The first-order valence-corrected chi connectivity index (χ1v) is 11.2. The molecule has 2 N–H and O–H groups in total. The van der Waals surface area contributed by atoms with E-state index < -0.39 is 6.04 Å². The van der Waals surface area contributed by atoms with Crippen molar-refractivity contribution in [2.45, 2.75) is 25.3 Å². The maximum atomic E-state index is 13.0. The molecule has 0 unspecified atom stereocenters. The molecular weight excluding hydrogens is 471 g/mol. The molecule has 3 aromatic rings. The van der Waals surface area contributed by atoms with Gasteiger partial charge in [-0.15, -0.1) is 0 Å². The molecule has 1 atom stereocenters. The van der Waals surface area contributed by atoms with Crippen molar-refractivity contribution >= 4 is 58.0 Å². The third-order valence-corrected chi connectivity index (χ3v) is 6.46. The molecule has 0 radical (unpaired) electrons. The highest BCUT2D eigenvalue weighted by molar-refractivity contribution is 6.35.